The fraction of sp³-hybridized carbons (Fsp3) is 0.333. The normalized spacial score (nSPS) is 16.4. The Hall–Kier alpha value is -3.16. The minimum atomic E-state index is -0.0263. The van der Waals surface area contributed by atoms with Crippen molar-refractivity contribution in [3.05, 3.63) is 41.5 Å². The first kappa shape index (κ1) is 16.3. The standard InChI is InChI=1S/C18H18N4O4/c1-24-15-6-11(7-16(25-2)17(15)26-3)10-4-13-12(14(23)5-10)8-22-18(21-13)19-9-20-22/h6-10H,4-5H2,1-3H3. The van der Waals surface area contributed by atoms with Gasteiger partial charge in [0.2, 0.25) is 5.75 Å². The van der Waals surface area contributed by atoms with Gasteiger partial charge in [-0.3, -0.25) is 4.79 Å². The lowest BCUT2D eigenvalue weighted by molar-refractivity contribution is 0.0962. The van der Waals surface area contributed by atoms with Crippen molar-refractivity contribution in [3.63, 3.8) is 0 Å². The van der Waals surface area contributed by atoms with Crippen molar-refractivity contribution in [2.24, 2.45) is 0 Å². The van der Waals surface area contributed by atoms with Gasteiger partial charge in [0.25, 0.3) is 5.78 Å². The largest absolute Gasteiger partial charge is 0.493 e. The van der Waals surface area contributed by atoms with Crippen molar-refractivity contribution in [1.82, 2.24) is 19.6 Å². The highest BCUT2D eigenvalue weighted by Crippen LogP contribution is 2.42. The van der Waals surface area contributed by atoms with Crippen molar-refractivity contribution < 1.29 is 19.0 Å². The molecular formula is C18H18N4O4. The summed E-state index contributed by atoms with van der Waals surface area (Å²) in [5.74, 6) is 2.17. The third kappa shape index (κ3) is 2.54. The third-order valence-electron chi connectivity index (χ3n) is 4.68. The summed E-state index contributed by atoms with van der Waals surface area (Å²) in [5.41, 5.74) is 2.29. The van der Waals surface area contributed by atoms with Crippen LogP contribution in [0.1, 0.15) is 34.0 Å². The number of fused-ring (bicyclic) bond motifs is 2. The van der Waals surface area contributed by atoms with Crippen LogP contribution in [-0.4, -0.2) is 46.7 Å². The van der Waals surface area contributed by atoms with E-state index in [9.17, 15) is 4.79 Å². The summed E-state index contributed by atoms with van der Waals surface area (Å²) in [5, 5.41) is 4.05. The van der Waals surface area contributed by atoms with E-state index in [1.54, 1.807) is 27.5 Å². The fourth-order valence-electron chi connectivity index (χ4n) is 3.39. The molecule has 2 aromatic heterocycles. The van der Waals surface area contributed by atoms with Gasteiger partial charge < -0.3 is 14.2 Å². The number of Topliss-reactive ketones (excluding diaryl/α,β-unsaturated/α-hetero) is 1. The molecule has 0 amide bonds. The van der Waals surface area contributed by atoms with Crippen molar-refractivity contribution in [3.8, 4) is 17.2 Å². The maximum Gasteiger partial charge on any atom is 0.252 e. The molecule has 3 aromatic rings. The molecule has 0 N–H and O–H groups in total. The zero-order chi connectivity index (χ0) is 18.3. The van der Waals surface area contributed by atoms with E-state index in [1.165, 1.54) is 10.8 Å². The number of hydrogen-bond donors (Lipinski definition) is 0. The zero-order valence-electron chi connectivity index (χ0n) is 14.7. The number of benzene rings is 1. The number of carbonyl (C=O) groups excluding carboxylic acids is 1. The first-order chi connectivity index (χ1) is 12.6. The van der Waals surface area contributed by atoms with Crippen LogP contribution in [0.5, 0.6) is 17.2 Å². The average molecular weight is 354 g/mol. The van der Waals surface area contributed by atoms with Gasteiger partial charge in [-0.25, -0.2) is 9.50 Å². The van der Waals surface area contributed by atoms with E-state index in [-0.39, 0.29) is 11.7 Å². The molecule has 4 rings (SSSR count). The Balaban J connectivity index is 1.76. The van der Waals surface area contributed by atoms with Crippen LogP contribution >= 0.6 is 0 Å². The van der Waals surface area contributed by atoms with Gasteiger partial charge >= 0.3 is 0 Å². The second-order valence-electron chi connectivity index (χ2n) is 6.09. The molecule has 1 aliphatic rings. The van der Waals surface area contributed by atoms with Crippen LogP contribution in [0.4, 0.5) is 0 Å². The highest BCUT2D eigenvalue weighted by atomic mass is 16.5. The molecule has 134 valence electrons. The van der Waals surface area contributed by atoms with E-state index in [2.05, 4.69) is 15.1 Å². The average Bonchev–Trinajstić information content (AvgIpc) is 3.12. The topological polar surface area (TPSA) is 87.8 Å². The lowest BCUT2D eigenvalue weighted by Gasteiger charge is -2.24. The van der Waals surface area contributed by atoms with Crippen molar-refractivity contribution >= 4 is 11.6 Å². The van der Waals surface area contributed by atoms with E-state index in [4.69, 9.17) is 14.2 Å². The maximum atomic E-state index is 12.7. The van der Waals surface area contributed by atoms with E-state index in [0.29, 0.717) is 41.4 Å². The lowest BCUT2D eigenvalue weighted by Crippen LogP contribution is -2.21. The first-order valence-electron chi connectivity index (χ1n) is 8.17. The van der Waals surface area contributed by atoms with Gasteiger partial charge in [0, 0.05) is 12.6 Å². The first-order valence-corrected chi connectivity index (χ1v) is 8.17. The molecule has 8 heteroatoms. The number of rotatable bonds is 4. The fourth-order valence-corrected chi connectivity index (χ4v) is 3.39. The van der Waals surface area contributed by atoms with E-state index >= 15 is 0 Å². The van der Waals surface area contributed by atoms with Crippen LogP contribution in [0.15, 0.2) is 24.7 Å². The summed E-state index contributed by atoms with van der Waals surface area (Å²) in [6, 6.07) is 3.78. The molecule has 0 fully saturated rings. The summed E-state index contributed by atoms with van der Waals surface area (Å²) >= 11 is 0. The Morgan fingerprint density at radius 1 is 1.08 bits per heavy atom. The molecule has 0 aliphatic heterocycles. The van der Waals surface area contributed by atoms with Gasteiger partial charge in [-0.05, 0) is 30.0 Å². The molecule has 2 heterocycles. The predicted molar refractivity (Wildman–Crippen MR) is 92.3 cm³/mol. The Morgan fingerprint density at radius 3 is 2.46 bits per heavy atom. The smallest absolute Gasteiger partial charge is 0.252 e. The minimum absolute atomic E-state index is 0.0263. The van der Waals surface area contributed by atoms with Crippen LogP contribution in [-0.2, 0) is 6.42 Å². The Morgan fingerprint density at radius 2 is 1.81 bits per heavy atom. The highest BCUT2D eigenvalue weighted by Gasteiger charge is 2.30. The molecule has 0 bridgehead atoms. The van der Waals surface area contributed by atoms with E-state index in [0.717, 1.165) is 11.3 Å². The molecular weight excluding hydrogens is 336 g/mol. The number of aromatic nitrogens is 4. The molecule has 0 saturated heterocycles. The van der Waals surface area contributed by atoms with E-state index in [1.807, 2.05) is 12.1 Å². The van der Waals surface area contributed by atoms with Gasteiger partial charge in [0.15, 0.2) is 17.3 Å². The molecule has 26 heavy (non-hydrogen) atoms. The monoisotopic (exact) mass is 354 g/mol. The second kappa shape index (κ2) is 6.29. The molecule has 0 saturated carbocycles. The summed E-state index contributed by atoms with van der Waals surface area (Å²) < 4.78 is 17.7. The Labute approximate surface area is 149 Å². The van der Waals surface area contributed by atoms with E-state index < -0.39 is 0 Å². The van der Waals surface area contributed by atoms with Crippen molar-refractivity contribution in [1.29, 1.82) is 0 Å². The number of carbonyl (C=O) groups is 1. The zero-order valence-corrected chi connectivity index (χ0v) is 14.7. The van der Waals surface area contributed by atoms with Gasteiger partial charge in [0.1, 0.15) is 6.33 Å². The van der Waals surface area contributed by atoms with Crippen molar-refractivity contribution in [2.75, 3.05) is 21.3 Å². The van der Waals surface area contributed by atoms with Gasteiger partial charge in [-0.15, -0.1) is 0 Å². The Bertz CT molecular complexity index is 973. The summed E-state index contributed by atoms with van der Waals surface area (Å²) in [6.07, 6.45) is 4.14. The second-order valence-corrected chi connectivity index (χ2v) is 6.09. The van der Waals surface area contributed by atoms with Crippen LogP contribution in [0.25, 0.3) is 5.78 Å². The molecule has 1 unspecified atom stereocenters. The van der Waals surface area contributed by atoms with Gasteiger partial charge in [-0.2, -0.15) is 10.1 Å². The van der Waals surface area contributed by atoms with Crippen LogP contribution in [0, 0.1) is 0 Å². The van der Waals surface area contributed by atoms with Crippen LogP contribution in [0.3, 0.4) is 0 Å². The van der Waals surface area contributed by atoms with Gasteiger partial charge in [-0.1, -0.05) is 0 Å². The molecule has 1 atom stereocenters. The quantitative estimate of drug-likeness (QED) is 0.708. The van der Waals surface area contributed by atoms with Crippen LogP contribution in [0.2, 0.25) is 0 Å². The number of ketones is 1. The lowest BCUT2D eigenvalue weighted by atomic mass is 9.82. The number of ether oxygens (including phenoxy) is 3. The highest BCUT2D eigenvalue weighted by molar-refractivity contribution is 5.98. The Kier molecular flexibility index (Phi) is 3.95. The SMILES string of the molecule is COc1cc(C2CC(=O)c3cn4ncnc4nc3C2)cc(OC)c1OC. The van der Waals surface area contributed by atoms with Crippen molar-refractivity contribution in [2.45, 2.75) is 18.8 Å². The predicted octanol–water partition coefficient (Wildman–Crippen LogP) is 2.06. The molecule has 1 aromatic carbocycles. The summed E-state index contributed by atoms with van der Waals surface area (Å²) in [7, 11) is 4.71. The van der Waals surface area contributed by atoms with Gasteiger partial charge in [0.05, 0.1) is 32.6 Å². The number of methoxy groups -OCH3 is 3. The summed E-state index contributed by atoms with van der Waals surface area (Å²) in [4.78, 5) is 21.3. The molecule has 0 radical (unpaired) electrons. The molecule has 0 spiro atoms. The van der Waals surface area contributed by atoms with Crippen LogP contribution < -0.4 is 14.2 Å². The number of nitrogens with zero attached hydrogens (tertiary/aromatic N) is 4. The minimum Gasteiger partial charge on any atom is -0.493 e. The maximum absolute atomic E-state index is 12.7. The summed E-state index contributed by atoms with van der Waals surface area (Å²) in [6.45, 7) is 0. The molecule has 1 aliphatic carbocycles. The third-order valence-corrected chi connectivity index (χ3v) is 4.68. The molecule has 8 nitrogen and oxygen atoms in total. The number of hydrogen-bond acceptors (Lipinski definition) is 7.